The summed E-state index contributed by atoms with van der Waals surface area (Å²) in [6.07, 6.45) is 20.8. The number of hydrogen-bond donors (Lipinski definition) is 1. The number of unbranched alkanes of at least 4 members (excludes halogenated alkanes) is 14. The van der Waals surface area contributed by atoms with Gasteiger partial charge in [0.15, 0.2) is 0 Å². The zero-order chi connectivity index (χ0) is 14.9. The molecule has 0 unspecified atom stereocenters. The van der Waals surface area contributed by atoms with E-state index in [1.54, 1.807) is 0 Å². The molecule has 0 aliphatic heterocycles. The Kier molecular flexibility index (Phi) is 23.9. The van der Waals surface area contributed by atoms with Gasteiger partial charge in [0.25, 0.3) is 5.97 Å². The topological polar surface area (TPSA) is 37.3 Å². The first-order chi connectivity index (χ1) is 9.77. The second-order valence-corrected chi connectivity index (χ2v) is 5.92. The van der Waals surface area contributed by atoms with Crippen molar-refractivity contribution in [3.8, 4) is 0 Å². The molecule has 124 valence electrons. The molecule has 0 heterocycles. The van der Waals surface area contributed by atoms with E-state index in [9.17, 15) is 4.79 Å². The summed E-state index contributed by atoms with van der Waals surface area (Å²) in [4.78, 5) is 10.3. The molecular formula is C18H35CeO2-. The Morgan fingerprint density at radius 1 is 0.762 bits per heavy atom. The molecule has 0 saturated carbocycles. The van der Waals surface area contributed by atoms with Crippen molar-refractivity contribution in [1.29, 1.82) is 0 Å². The fourth-order valence-electron chi connectivity index (χ4n) is 2.53. The first-order valence-electron chi connectivity index (χ1n) is 8.80. The number of hydrogen-bond acceptors (Lipinski definition) is 1. The van der Waals surface area contributed by atoms with Crippen molar-refractivity contribution in [1.82, 2.24) is 0 Å². The smallest absolute Gasteiger partial charge is 0.273 e. The SMILES string of the molecule is CCCCCCCCCCCCCCC[CH-]CC(=O)O.[Ce]. The van der Waals surface area contributed by atoms with Crippen LogP contribution in [0.4, 0.5) is 0 Å². The Balaban J connectivity index is 0. The quantitative estimate of drug-likeness (QED) is 0.239. The molecule has 0 rings (SSSR count). The standard InChI is InChI=1S/C18H35O2.Ce/c1-2-3-4-5-6-7-8-9-10-11-12-13-14-15-16-17-18(19)20;/h16H,2-15,17H2,1H3,(H,19,20);/q-1;. The molecule has 21 heavy (non-hydrogen) atoms. The number of carbonyl (C=O) groups is 1. The summed E-state index contributed by atoms with van der Waals surface area (Å²) in [5, 5.41) is 8.49. The summed E-state index contributed by atoms with van der Waals surface area (Å²) in [6, 6.07) is 0. The number of rotatable bonds is 16. The number of carboxylic acid groups (broad SMARTS) is 1. The zero-order valence-electron chi connectivity index (χ0n) is 14.0. The molecule has 0 aliphatic rings. The van der Waals surface area contributed by atoms with Gasteiger partial charge in [-0.1, -0.05) is 96.8 Å². The number of carboxylic acids is 1. The Hall–Kier alpha value is 0.847. The zero-order valence-corrected chi connectivity index (χ0v) is 17.2. The predicted octanol–water partition coefficient (Wildman–Crippen LogP) is 6.15. The van der Waals surface area contributed by atoms with Crippen molar-refractivity contribution < 1.29 is 51.6 Å². The van der Waals surface area contributed by atoms with E-state index in [1.165, 1.54) is 77.0 Å². The minimum absolute atomic E-state index is 0. The molecule has 0 aromatic heterocycles. The maximum atomic E-state index is 10.3. The average Bonchev–Trinajstić information content (AvgIpc) is 2.43. The summed E-state index contributed by atoms with van der Waals surface area (Å²) >= 11 is 0. The second kappa shape index (κ2) is 20.8. The van der Waals surface area contributed by atoms with E-state index in [2.05, 4.69) is 6.92 Å². The van der Waals surface area contributed by atoms with Crippen LogP contribution in [-0.2, 0) is 4.79 Å². The van der Waals surface area contributed by atoms with Crippen LogP contribution in [0.3, 0.4) is 0 Å². The molecule has 0 bridgehead atoms. The van der Waals surface area contributed by atoms with Gasteiger partial charge in [-0.05, 0) is 0 Å². The Morgan fingerprint density at radius 3 is 1.52 bits per heavy atom. The van der Waals surface area contributed by atoms with E-state index < -0.39 is 5.97 Å². The summed E-state index contributed by atoms with van der Waals surface area (Å²) < 4.78 is 0. The molecule has 2 nitrogen and oxygen atoms in total. The monoisotopic (exact) mass is 423 g/mol. The van der Waals surface area contributed by atoms with Crippen LogP contribution in [-0.4, -0.2) is 11.1 Å². The van der Waals surface area contributed by atoms with Crippen LogP contribution in [0.5, 0.6) is 0 Å². The van der Waals surface area contributed by atoms with Crippen LogP contribution in [0.2, 0.25) is 0 Å². The maximum Gasteiger partial charge on any atom is 0.273 e. The van der Waals surface area contributed by atoms with Crippen molar-refractivity contribution in [3.63, 3.8) is 0 Å². The van der Waals surface area contributed by atoms with Crippen LogP contribution in [0, 0.1) is 48.2 Å². The molecule has 0 aromatic rings. The second-order valence-electron chi connectivity index (χ2n) is 5.92. The number of aliphatic carboxylic acids is 1. The van der Waals surface area contributed by atoms with Crippen LogP contribution in [0.1, 0.15) is 103 Å². The van der Waals surface area contributed by atoms with Gasteiger partial charge < -0.3 is 11.5 Å². The molecule has 0 aromatic carbocycles. The molecule has 3 heteroatoms. The van der Waals surface area contributed by atoms with E-state index in [1.807, 2.05) is 6.42 Å². The molecule has 0 aliphatic carbocycles. The van der Waals surface area contributed by atoms with E-state index in [4.69, 9.17) is 5.11 Å². The van der Waals surface area contributed by atoms with Crippen LogP contribution < -0.4 is 0 Å². The van der Waals surface area contributed by atoms with Gasteiger partial charge >= 0.3 is 0 Å². The van der Waals surface area contributed by atoms with E-state index in [0.717, 1.165) is 12.8 Å². The van der Waals surface area contributed by atoms with Crippen molar-refractivity contribution in [2.75, 3.05) is 0 Å². The van der Waals surface area contributed by atoms with Gasteiger partial charge in [-0.3, -0.25) is 4.79 Å². The summed E-state index contributed by atoms with van der Waals surface area (Å²) in [5.41, 5.74) is 0. The predicted molar refractivity (Wildman–Crippen MR) is 86.9 cm³/mol. The third-order valence-electron chi connectivity index (χ3n) is 3.83. The van der Waals surface area contributed by atoms with Crippen LogP contribution in [0.15, 0.2) is 0 Å². The summed E-state index contributed by atoms with van der Waals surface area (Å²) in [7, 11) is 0. The van der Waals surface area contributed by atoms with Gasteiger partial charge in [-0.25, -0.2) is 0 Å². The molecule has 0 spiro atoms. The van der Waals surface area contributed by atoms with Crippen molar-refractivity contribution in [3.05, 3.63) is 6.42 Å². The van der Waals surface area contributed by atoms with Crippen LogP contribution >= 0.6 is 0 Å². The average molecular weight is 424 g/mol. The molecule has 1 N–H and O–H groups in total. The minimum atomic E-state index is -0.709. The Bertz CT molecular complexity index is 207. The maximum absolute atomic E-state index is 10.3. The summed E-state index contributed by atoms with van der Waals surface area (Å²) in [6.45, 7) is 2.27. The first-order valence-corrected chi connectivity index (χ1v) is 8.80. The van der Waals surface area contributed by atoms with E-state index in [-0.39, 0.29) is 48.2 Å². The van der Waals surface area contributed by atoms with Gasteiger partial charge in [-0.2, -0.15) is 6.42 Å². The van der Waals surface area contributed by atoms with Gasteiger partial charge in [0.05, 0.1) is 0 Å². The first kappa shape index (κ1) is 24.1. The van der Waals surface area contributed by atoms with E-state index >= 15 is 0 Å². The third kappa shape index (κ3) is 23.2. The van der Waals surface area contributed by atoms with Crippen molar-refractivity contribution in [2.24, 2.45) is 0 Å². The Labute approximate surface area is 166 Å². The largest absolute Gasteiger partial charge is 0.483 e. The molecule has 0 radical (unpaired) electrons. The molecular weight excluding hydrogens is 388 g/mol. The molecule has 0 saturated heterocycles. The normalized spacial score (nSPS) is 10.3. The summed E-state index contributed by atoms with van der Waals surface area (Å²) in [5.74, 6) is -0.709. The molecule has 0 amide bonds. The fourth-order valence-corrected chi connectivity index (χ4v) is 2.53. The van der Waals surface area contributed by atoms with E-state index in [0.29, 0.717) is 0 Å². The van der Waals surface area contributed by atoms with Gasteiger partial charge in [0.1, 0.15) is 0 Å². The third-order valence-corrected chi connectivity index (χ3v) is 3.83. The Morgan fingerprint density at radius 2 is 1.14 bits per heavy atom. The van der Waals surface area contributed by atoms with Gasteiger partial charge in [0.2, 0.25) is 0 Å². The minimum Gasteiger partial charge on any atom is -0.483 e. The van der Waals surface area contributed by atoms with Crippen molar-refractivity contribution in [2.45, 2.75) is 103 Å². The van der Waals surface area contributed by atoms with Crippen LogP contribution in [0.25, 0.3) is 0 Å². The van der Waals surface area contributed by atoms with Gasteiger partial charge in [-0.15, -0.1) is 0 Å². The molecule has 0 atom stereocenters. The van der Waals surface area contributed by atoms with Gasteiger partial charge in [0, 0.05) is 41.7 Å². The van der Waals surface area contributed by atoms with Crippen molar-refractivity contribution >= 4 is 5.97 Å². The molecule has 0 fully saturated rings. The fraction of sp³-hybridized carbons (Fsp3) is 0.889.